The lowest BCUT2D eigenvalue weighted by atomic mass is 10.3. The standard InChI is InChI=1S/C16H19BrN2O2S2/c17-15-5-1-2-6-16(15)23(20,21)19-11-9-18(10-12-19)8-7-14-4-3-13-22-14/h1-6,13H,7-12H2. The van der Waals surface area contributed by atoms with Crippen molar-refractivity contribution in [2.24, 2.45) is 0 Å². The first-order chi connectivity index (χ1) is 11.1. The zero-order chi connectivity index (χ0) is 16.3. The van der Waals surface area contributed by atoms with Crippen LogP contribution in [0.3, 0.4) is 0 Å². The molecule has 7 heteroatoms. The number of benzene rings is 1. The average Bonchev–Trinajstić information content (AvgIpc) is 3.07. The maximum absolute atomic E-state index is 12.7. The summed E-state index contributed by atoms with van der Waals surface area (Å²) in [5, 5.41) is 2.09. The summed E-state index contributed by atoms with van der Waals surface area (Å²) in [6, 6.07) is 11.2. The van der Waals surface area contributed by atoms with Crippen LogP contribution in [0, 0.1) is 0 Å². The van der Waals surface area contributed by atoms with E-state index in [4.69, 9.17) is 0 Å². The fourth-order valence-corrected chi connectivity index (χ4v) is 5.79. The molecule has 0 N–H and O–H groups in total. The Morgan fingerprint density at radius 2 is 1.78 bits per heavy atom. The van der Waals surface area contributed by atoms with E-state index in [9.17, 15) is 8.42 Å². The van der Waals surface area contributed by atoms with Crippen molar-refractivity contribution in [3.63, 3.8) is 0 Å². The summed E-state index contributed by atoms with van der Waals surface area (Å²) >= 11 is 5.12. The van der Waals surface area contributed by atoms with E-state index in [0.29, 0.717) is 22.5 Å². The van der Waals surface area contributed by atoms with Crippen LogP contribution < -0.4 is 0 Å². The molecule has 1 aliphatic heterocycles. The summed E-state index contributed by atoms with van der Waals surface area (Å²) in [6.45, 7) is 3.66. The molecule has 0 bridgehead atoms. The smallest absolute Gasteiger partial charge is 0.244 e. The second kappa shape index (κ2) is 7.44. The van der Waals surface area contributed by atoms with Crippen LogP contribution in [0.2, 0.25) is 0 Å². The summed E-state index contributed by atoms with van der Waals surface area (Å²) in [5.74, 6) is 0. The summed E-state index contributed by atoms with van der Waals surface area (Å²) in [5.41, 5.74) is 0. The molecule has 0 atom stereocenters. The molecule has 0 aliphatic carbocycles. The Morgan fingerprint density at radius 1 is 1.04 bits per heavy atom. The molecule has 124 valence electrons. The van der Waals surface area contributed by atoms with Crippen LogP contribution in [0.5, 0.6) is 0 Å². The second-order valence-corrected chi connectivity index (χ2v) is 9.30. The number of piperazine rings is 1. The summed E-state index contributed by atoms with van der Waals surface area (Å²) < 4.78 is 27.7. The SMILES string of the molecule is O=S(=O)(c1ccccc1Br)N1CCN(CCc2cccs2)CC1. The molecule has 1 aromatic heterocycles. The summed E-state index contributed by atoms with van der Waals surface area (Å²) in [7, 11) is -3.41. The van der Waals surface area contributed by atoms with Gasteiger partial charge in [0.05, 0.1) is 4.90 Å². The van der Waals surface area contributed by atoms with E-state index in [1.807, 2.05) is 6.07 Å². The number of thiophene rings is 1. The Balaban J connectivity index is 1.59. The van der Waals surface area contributed by atoms with Gasteiger partial charge >= 0.3 is 0 Å². The minimum absolute atomic E-state index is 0.354. The third-order valence-electron chi connectivity index (χ3n) is 4.04. The highest BCUT2D eigenvalue weighted by molar-refractivity contribution is 9.10. The van der Waals surface area contributed by atoms with Crippen molar-refractivity contribution in [2.45, 2.75) is 11.3 Å². The number of hydrogen-bond donors (Lipinski definition) is 0. The van der Waals surface area contributed by atoms with Gasteiger partial charge in [0.2, 0.25) is 10.0 Å². The summed E-state index contributed by atoms with van der Waals surface area (Å²) in [4.78, 5) is 4.08. The lowest BCUT2D eigenvalue weighted by Gasteiger charge is -2.34. The first-order valence-electron chi connectivity index (χ1n) is 7.57. The van der Waals surface area contributed by atoms with Crippen molar-refractivity contribution in [2.75, 3.05) is 32.7 Å². The molecule has 3 rings (SSSR count). The maximum atomic E-state index is 12.7. The quantitative estimate of drug-likeness (QED) is 0.754. The molecule has 1 fully saturated rings. The molecule has 1 aromatic carbocycles. The largest absolute Gasteiger partial charge is 0.300 e. The van der Waals surface area contributed by atoms with Gasteiger partial charge in [0, 0.05) is 42.1 Å². The fraction of sp³-hybridized carbons (Fsp3) is 0.375. The number of nitrogens with zero attached hydrogens (tertiary/aromatic N) is 2. The first kappa shape index (κ1) is 17.1. The van der Waals surface area contributed by atoms with Crippen LogP contribution in [0.25, 0.3) is 0 Å². The third kappa shape index (κ3) is 4.03. The van der Waals surface area contributed by atoms with Crippen LogP contribution in [0.1, 0.15) is 4.88 Å². The van der Waals surface area contributed by atoms with Gasteiger partial charge in [-0.3, -0.25) is 0 Å². The normalized spacial score (nSPS) is 17.4. The van der Waals surface area contributed by atoms with E-state index in [2.05, 4.69) is 38.3 Å². The zero-order valence-corrected chi connectivity index (χ0v) is 15.9. The van der Waals surface area contributed by atoms with Gasteiger partial charge in [0.25, 0.3) is 0 Å². The Bertz CT molecular complexity index is 739. The highest BCUT2D eigenvalue weighted by Crippen LogP contribution is 2.25. The lowest BCUT2D eigenvalue weighted by Crippen LogP contribution is -2.49. The van der Waals surface area contributed by atoms with Crippen molar-refractivity contribution < 1.29 is 8.42 Å². The predicted molar refractivity (Wildman–Crippen MR) is 97.4 cm³/mol. The minimum atomic E-state index is -3.41. The van der Waals surface area contributed by atoms with Crippen LogP contribution in [-0.4, -0.2) is 50.3 Å². The fourth-order valence-electron chi connectivity index (χ4n) is 2.71. The van der Waals surface area contributed by atoms with Crippen LogP contribution in [0.15, 0.2) is 51.1 Å². The maximum Gasteiger partial charge on any atom is 0.244 e. The van der Waals surface area contributed by atoms with E-state index in [1.54, 1.807) is 33.8 Å². The molecule has 1 aliphatic rings. The number of hydrogen-bond acceptors (Lipinski definition) is 4. The van der Waals surface area contributed by atoms with E-state index in [1.165, 1.54) is 4.88 Å². The molecule has 0 amide bonds. The van der Waals surface area contributed by atoms with E-state index >= 15 is 0 Å². The average molecular weight is 415 g/mol. The molecular weight excluding hydrogens is 396 g/mol. The lowest BCUT2D eigenvalue weighted by molar-refractivity contribution is 0.190. The van der Waals surface area contributed by atoms with Gasteiger partial charge in [-0.2, -0.15) is 4.31 Å². The third-order valence-corrected chi connectivity index (χ3v) is 7.89. The molecule has 23 heavy (non-hydrogen) atoms. The van der Waals surface area contributed by atoms with Gasteiger partial charge in [-0.25, -0.2) is 8.42 Å². The molecule has 4 nitrogen and oxygen atoms in total. The molecule has 1 saturated heterocycles. The Kier molecular flexibility index (Phi) is 5.53. The topological polar surface area (TPSA) is 40.6 Å². The molecule has 0 saturated carbocycles. The number of halogens is 1. The molecule has 0 unspecified atom stereocenters. The molecule has 0 radical (unpaired) electrons. The van der Waals surface area contributed by atoms with Crippen molar-refractivity contribution in [1.82, 2.24) is 9.21 Å². The van der Waals surface area contributed by atoms with Gasteiger partial charge in [0.15, 0.2) is 0 Å². The predicted octanol–water partition coefficient (Wildman–Crippen LogP) is 3.06. The van der Waals surface area contributed by atoms with Crippen molar-refractivity contribution >= 4 is 37.3 Å². The Hall–Kier alpha value is -0.730. The first-order valence-corrected chi connectivity index (χ1v) is 10.7. The van der Waals surface area contributed by atoms with Crippen molar-refractivity contribution in [3.8, 4) is 0 Å². The van der Waals surface area contributed by atoms with Gasteiger partial charge in [-0.15, -0.1) is 11.3 Å². The van der Waals surface area contributed by atoms with Crippen LogP contribution in [-0.2, 0) is 16.4 Å². The van der Waals surface area contributed by atoms with Gasteiger partial charge in [-0.1, -0.05) is 18.2 Å². The van der Waals surface area contributed by atoms with Crippen molar-refractivity contribution in [1.29, 1.82) is 0 Å². The summed E-state index contributed by atoms with van der Waals surface area (Å²) in [6.07, 6.45) is 1.04. The van der Waals surface area contributed by atoms with E-state index < -0.39 is 10.0 Å². The van der Waals surface area contributed by atoms with E-state index in [0.717, 1.165) is 26.1 Å². The van der Waals surface area contributed by atoms with Crippen LogP contribution in [0.4, 0.5) is 0 Å². The second-order valence-electron chi connectivity index (χ2n) is 5.51. The number of sulfonamides is 1. The highest BCUT2D eigenvalue weighted by Gasteiger charge is 2.29. The van der Waals surface area contributed by atoms with Crippen molar-refractivity contribution in [3.05, 3.63) is 51.1 Å². The molecular formula is C16H19BrN2O2S2. The van der Waals surface area contributed by atoms with E-state index in [-0.39, 0.29) is 0 Å². The Labute approximate surface area is 149 Å². The van der Waals surface area contributed by atoms with Gasteiger partial charge < -0.3 is 4.90 Å². The zero-order valence-electron chi connectivity index (χ0n) is 12.7. The number of rotatable bonds is 5. The molecule has 0 spiro atoms. The van der Waals surface area contributed by atoms with Gasteiger partial charge in [0.1, 0.15) is 0 Å². The van der Waals surface area contributed by atoms with Gasteiger partial charge in [-0.05, 0) is 45.9 Å². The highest BCUT2D eigenvalue weighted by atomic mass is 79.9. The molecule has 2 heterocycles. The monoisotopic (exact) mass is 414 g/mol. The Morgan fingerprint density at radius 3 is 2.43 bits per heavy atom. The minimum Gasteiger partial charge on any atom is -0.300 e. The molecule has 2 aromatic rings. The van der Waals surface area contributed by atoms with Crippen LogP contribution >= 0.6 is 27.3 Å².